The number of aliphatic hydroxyl groups excluding tert-OH is 1. The second-order valence-electron chi connectivity index (χ2n) is 4.04. The molecule has 4 heteroatoms. The Hall–Kier alpha value is -0.220. The van der Waals surface area contributed by atoms with Gasteiger partial charge in [-0.3, -0.25) is 4.79 Å². The van der Waals surface area contributed by atoms with Crippen LogP contribution in [0.25, 0.3) is 0 Å². The Morgan fingerprint density at radius 1 is 1.62 bits per heavy atom. The van der Waals surface area contributed by atoms with Crippen molar-refractivity contribution in [2.75, 3.05) is 18.8 Å². The molecule has 1 atom stereocenters. The van der Waals surface area contributed by atoms with Crippen LogP contribution in [0, 0.1) is 0 Å². The largest absolute Gasteiger partial charge is 0.384 e. The Morgan fingerprint density at radius 3 is 2.69 bits per heavy atom. The van der Waals surface area contributed by atoms with Crippen LogP contribution in [0.4, 0.5) is 0 Å². The highest BCUT2D eigenvalue weighted by molar-refractivity contribution is 8.00. The van der Waals surface area contributed by atoms with Crippen molar-refractivity contribution in [2.45, 2.75) is 31.6 Å². The number of amides is 1. The van der Waals surface area contributed by atoms with Crippen LogP contribution in [0.2, 0.25) is 0 Å². The van der Waals surface area contributed by atoms with Crippen LogP contribution in [0.15, 0.2) is 0 Å². The topological polar surface area (TPSA) is 40.5 Å². The Bertz CT molecular complexity index is 204. The minimum Gasteiger partial charge on any atom is -0.384 e. The summed E-state index contributed by atoms with van der Waals surface area (Å²) in [6.07, 6.45) is -0.862. The van der Waals surface area contributed by atoms with Gasteiger partial charge >= 0.3 is 0 Å². The Kier molecular flexibility index (Phi) is 3.24. The Balaban J connectivity index is 2.57. The third kappa shape index (κ3) is 2.88. The molecule has 0 aliphatic carbocycles. The van der Waals surface area contributed by atoms with Gasteiger partial charge in [0.15, 0.2) is 0 Å². The van der Waals surface area contributed by atoms with Crippen molar-refractivity contribution in [1.29, 1.82) is 0 Å². The van der Waals surface area contributed by atoms with E-state index in [1.54, 1.807) is 4.90 Å². The third-order valence-electron chi connectivity index (χ3n) is 2.09. The average Bonchev–Trinajstić information content (AvgIpc) is 2.01. The fraction of sp³-hybridized carbons (Fsp3) is 0.889. The summed E-state index contributed by atoms with van der Waals surface area (Å²) in [4.78, 5) is 13.2. The summed E-state index contributed by atoms with van der Waals surface area (Å²) < 4.78 is 0.128. The van der Waals surface area contributed by atoms with Crippen LogP contribution < -0.4 is 0 Å². The van der Waals surface area contributed by atoms with Crippen molar-refractivity contribution in [3.63, 3.8) is 0 Å². The lowest BCUT2D eigenvalue weighted by molar-refractivity contribution is -0.139. The SMILES string of the molecule is C[C@@H](O)C(=O)N1CCSC(C)(C)C1. The smallest absolute Gasteiger partial charge is 0.251 e. The molecule has 13 heavy (non-hydrogen) atoms. The molecular weight excluding hydrogens is 186 g/mol. The number of hydrogen-bond acceptors (Lipinski definition) is 3. The molecule has 0 radical (unpaired) electrons. The van der Waals surface area contributed by atoms with E-state index in [4.69, 9.17) is 5.11 Å². The van der Waals surface area contributed by atoms with Crippen LogP contribution in [0.3, 0.4) is 0 Å². The second-order valence-corrected chi connectivity index (χ2v) is 5.85. The van der Waals surface area contributed by atoms with Gasteiger partial charge in [-0.15, -0.1) is 0 Å². The molecule has 0 spiro atoms. The van der Waals surface area contributed by atoms with Gasteiger partial charge in [0.2, 0.25) is 0 Å². The molecular formula is C9H17NO2S. The van der Waals surface area contributed by atoms with Crippen molar-refractivity contribution in [3.05, 3.63) is 0 Å². The van der Waals surface area contributed by atoms with Crippen LogP contribution in [-0.4, -0.2) is 45.6 Å². The lowest BCUT2D eigenvalue weighted by Crippen LogP contribution is -2.49. The summed E-state index contributed by atoms with van der Waals surface area (Å²) in [6.45, 7) is 7.27. The molecule has 0 aromatic carbocycles. The first-order valence-electron chi connectivity index (χ1n) is 4.53. The van der Waals surface area contributed by atoms with Gasteiger partial charge in [0, 0.05) is 23.6 Å². The summed E-state index contributed by atoms with van der Waals surface area (Å²) in [7, 11) is 0. The van der Waals surface area contributed by atoms with E-state index in [0.29, 0.717) is 0 Å². The lowest BCUT2D eigenvalue weighted by atomic mass is 10.1. The number of carbonyl (C=O) groups excluding carboxylic acids is 1. The first-order valence-corrected chi connectivity index (χ1v) is 5.52. The maximum atomic E-state index is 11.5. The summed E-state index contributed by atoms with van der Waals surface area (Å²) in [5, 5.41) is 9.15. The zero-order chi connectivity index (χ0) is 10.1. The summed E-state index contributed by atoms with van der Waals surface area (Å²) in [6, 6.07) is 0. The molecule has 1 N–H and O–H groups in total. The molecule has 1 saturated heterocycles. The molecule has 0 aromatic heterocycles. The van der Waals surface area contributed by atoms with Gasteiger partial charge in [0.1, 0.15) is 6.10 Å². The van der Waals surface area contributed by atoms with E-state index in [9.17, 15) is 4.79 Å². The quantitative estimate of drug-likeness (QED) is 0.682. The predicted molar refractivity (Wildman–Crippen MR) is 54.8 cm³/mol. The van der Waals surface area contributed by atoms with Gasteiger partial charge < -0.3 is 10.0 Å². The maximum absolute atomic E-state index is 11.5. The number of aliphatic hydroxyl groups is 1. The van der Waals surface area contributed by atoms with Crippen molar-refractivity contribution >= 4 is 17.7 Å². The zero-order valence-corrected chi connectivity index (χ0v) is 9.23. The number of rotatable bonds is 1. The normalized spacial score (nSPS) is 24.2. The van der Waals surface area contributed by atoms with Crippen LogP contribution in [0.5, 0.6) is 0 Å². The fourth-order valence-corrected chi connectivity index (χ4v) is 2.58. The van der Waals surface area contributed by atoms with Crippen molar-refractivity contribution in [2.24, 2.45) is 0 Å². The highest BCUT2D eigenvalue weighted by atomic mass is 32.2. The molecule has 1 aliphatic rings. The summed E-state index contributed by atoms with van der Waals surface area (Å²) >= 11 is 1.88. The molecule has 76 valence electrons. The standard InChI is InChI=1S/C9H17NO2S/c1-7(11)8(12)10-4-5-13-9(2,3)6-10/h7,11H,4-6H2,1-3H3/t7-/m1/s1. The first-order chi connectivity index (χ1) is 5.92. The van der Waals surface area contributed by atoms with Crippen LogP contribution in [0.1, 0.15) is 20.8 Å². The van der Waals surface area contributed by atoms with Gasteiger partial charge in [0.05, 0.1) is 0 Å². The highest BCUT2D eigenvalue weighted by Gasteiger charge is 2.30. The minimum atomic E-state index is -0.862. The van der Waals surface area contributed by atoms with Gasteiger partial charge in [0.25, 0.3) is 5.91 Å². The molecule has 1 amide bonds. The molecule has 0 unspecified atom stereocenters. The van der Waals surface area contributed by atoms with Gasteiger partial charge in [-0.1, -0.05) is 0 Å². The molecule has 0 bridgehead atoms. The first kappa shape index (κ1) is 10.9. The van der Waals surface area contributed by atoms with Crippen molar-refractivity contribution < 1.29 is 9.90 Å². The van der Waals surface area contributed by atoms with Crippen molar-refractivity contribution in [3.8, 4) is 0 Å². The Labute approximate surface area is 83.5 Å². The lowest BCUT2D eigenvalue weighted by Gasteiger charge is -2.38. The Morgan fingerprint density at radius 2 is 2.23 bits per heavy atom. The second kappa shape index (κ2) is 3.88. The third-order valence-corrected chi connectivity index (χ3v) is 3.39. The molecule has 1 heterocycles. The molecule has 3 nitrogen and oxygen atoms in total. The minimum absolute atomic E-state index is 0.128. The number of carbonyl (C=O) groups is 1. The van der Waals surface area contributed by atoms with Gasteiger partial charge in [-0.05, 0) is 20.8 Å². The maximum Gasteiger partial charge on any atom is 0.251 e. The van der Waals surface area contributed by atoms with Crippen LogP contribution >= 0.6 is 11.8 Å². The van der Waals surface area contributed by atoms with Crippen LogP contribution in [-0.2, 0) is 4.79 Å². The monoisotopic (exact) mass is 203 g/mol. The zero-order valence-electron chi connectivity index (χ0n) is 8.41. The van der Waals surface area contributed by atoms with E-state index in [-0.39, 0.29) is 10.7 Å². The predicted octanol–water partition coefficient (Wildman–Crippen LogP) is 0.721. The number of hydrogen-bond donors (Lipinski definition) is 1. The van der Waals surface area contributed by atoms with E-state index >= 15 is 0 Å². The summed E-state index contributed by atoms with van der Waals surface area (Å²) in [5.74, 6) is 0.819. The van der Waals surface area contributed by atoms with E-state index in [1.807, 2.05) is 11.8 Å². The van der Waals surface area contributed by atoms with E-state index in [0.717, 1.165) is 18.8 Å². The average molecular weight is 203 g/mol. The highest BCUT2D eigenvalue weighted by Crippen LogP contribution is 2.29. The molecule has 1 fully saturated rings. The fourth-order valence-electron chi connectivity index (χ4n) is 1.47. The van der Waals surface area contributed by atoms with Gasteiger partial charge in [-0.2, -0.15) is 11.8 Å². The number of thioether (sulfide) groups is 1. The molecule has 0 aromatic rings. The summed E-state index contributed by atoms with van der Waals surface area (Å²) in [5.41, 5.74) is 0. The molecule has 1 rings (SSSR count). The van der Waals surface area contributed by atoms with E-state index in [2.05, 4.69) is 13.8 Å². The van der Waals surface area contributed by atoms with E-state index < -0.39 is 6.10 Å². The van der Waals surface area contributed by atoms with Gasteiger partial charge in [-0.25, -0.2) is 0 Å². The van der Waals surface area contributed by atoms with E-state index in [1.165, 1.54) is 6.92 Å². The molecule has 1 aliphatic heterocycles. The number of nitrogens with zero attached hydrogens (tertiary/aromatic N) is 1. The van der Waals surface area contributed by atoms with Crippen molar-refractivity contribution in [1.82, 2.24) is 4.90 Å². The molecule has 0 saturated carbocycles.